The Morgan fingerprint density at radius 3 is 2.57 bits per heavy atom. The van der Waals surface area contributed by atoms with Gasteiger partial charge in [0.15, 0.2) is 0 Å². The number of hydrogen-bond acceptors (Lipinski definition) is 2. The molecule has 3 saturated carbocycles. The summed E-state index contributed by atoms with van der Waals surface area (Å²) in [5.41, 5.74) is 2.01. The van der Waals surface area contributed by atoms with Crippen LogP contribution >= 0.6 is 0 Å². The Morgan fingerprint density at radius 2 is 1.82 bits per heavy atom. The van der Waals surface area contributed by atoms with Crippen molar-refractivity contribution in [1.82, 2.24) is 0 Å². The molecule has 0 radical (unpaired) electrons. The summed E-state index contributed by atoms with van der Waals surface area (Å²) in [6, 6.07) is 0. The van der Waals surface area contributed by atoms with Crippen LogP contribution in [0.2, 0.25) is 0 Å². The molecule has 6 unspecified atom stereocenters. The van der Waals surface area contributed by atoms with Crippen LogP contribution in [0.4, 0.5) is 0 Å². The van der Waals surface area contributed by atoms with E-state index in [1.165, 1.54) is 57.8 Å². The van der Waals surface area contributed by atoms with Crippen molar-refractivity contribution >= 4 is 0 Å². The maximum atomic E-state index is 10.2. The second kappa shape index (κ2) is 7.41. The lowest BCUT2D eigenvalue weighted by atomic mass is 9.47. The number of hydrogen-bond donors (Lipinski definition) is 2. The molecule has 2 heteroatoms. The van der Waals surface area contributed by atoms with E-state index in [1.807, 2.05) is 13.8 Å². The van der Waals surface area contributed by atoms with Gasteiger partial charge in [-0.3, -0.25) is 0 Å². The minimum Gasteiger partial charge on any atom is -0.393 e. The van der Waals surface area contributed by atoms with Gasteiger partial charge < -0.3 is 10.2 Å². The van der Waals surface area contributed by atoms with Crippen LogP contribution in [0.3, 0.4) is 0 Å². The summed E-state index contributed by atoms with van der Waals surface area (Å²) in [7, 11) is 0. The van der Waals surface area contributed by atoms with E-state index >= 15 is 0 Å². The zero-order valence-corrected chi connectivity index (χ0v) is 18.8. The van der Waals surface area contributed by atoms with E-state index in [0.29, 0.717) is 10.8 Å². The van der Waals surface area contributed by atoms with Crippen LogP contribution in [0.25, 0.3) is 0 Å². The number of aliphatic hydroxyl groups is 2. The number of allylic oxidation sites excluding steroid dienone is 1. The highest BCUT2D eigenvalue weighted by Crippen LogP contribution is 2.66. The van der Waals surface area contributed by atoms with Gasteiger partial charge in [-0.1, -0.05) is 38.3 Å². The molecule has 2 N–H and O–H groups in total. The first-order valence-electron chi connectivity index (χ1n) is 12.2. The van der Waals surface area contributed by atoms with E-state index in [1.54, 1.807) is 5.57 Å². The summed E-state index contributed by atoms with van der Waals surface area (Å²) in [5.74, 6) is 3.54. The molecule has 0 bridgehead atoms. The van der Waals surface area contributed by atoms with Gasteiger partial charge in [0.2, 0.25) is 0 Å². The molecule has 2 nitrogen and oxygen atoms in total. The van der Waals surface area contributed by atoms with E-state index in [9.17, 15) is 10.2 Å². The minimum absolute atomic E-state index is 0.0931. The summed E-state index contributed by atoms with van der Waals surface area (Å²) in [4.78, 5) is 0. The van der Waals surface area contributed by atoms with E-state index in [-0.39, 0.29) is 6.10 Å². The number of fused-ring (bicyclic) bond motifs is 5. The third-order valence-electron chi connectivity index (χ3n) is 9.87. The molecule has 0 spiro atoms. The lowest BCUT2D eigenvalue weighted by Crippen LogP contribution is -2.50. The summed E-state index contributed by atoms with van der Waals surface area (Å²) in [6.07, 6.45) is 17.3. The highest BCUT2D eigenvalue weighted by atomic mass is 16.3. The van der Waals surface area contributed by atoms with Gasteiger partial charge in [0, 0.05) is 0 Å². The van der Waals surface area contributed by atoms with Crippen molar-refractivity contribution < 1.29 is 10.2 Å². The van der Waals surface area contributed by atoms with Gasteiger partial charge in [-0.2, -0.15) is 0 Å². The fraction of sp³-hybridized carbons (Fsp3) is 0.923. The Hall–Kier alpha value is -0.340. The summed E-state index contributed by atoms with van der Waals surface area (Å²) >= 11 is 0. The van der Waals surface area contributed by atoms with Crippen molar-refractivity contribution in [2.45, 2.75) is 116 Å². The van der Waals surface area contributed by atoms with Gasteiger partial charge in [0.25, 0.3) is 0 Å². The highest BCUT2D eigenvalue weighted by molar-refractivity contribution is 5.25. The van der Waals surface area contributed by atoms with E-state index in [4.69, 9.17) is 0 Å². The molecule has 4 rings (SSSR count). The van der Waals surface area contributed by atoms with E-state index in [0.717, 1.165) is 42.9 Å². The largest absolute Gasteiger partial charge is 0.393 e. The van der Waals surface area contributed by atoms with Crippen LogP contribution < -0.4 is 0 Å². The van der Waals surface area contributed by atoms with Crippen molar-refractivity contribution in [2.75, 3.05) is 0 Å². The van der Waals surface area contributed by atoms with Crippen molar-refractivity contribution in [2.24, 2.45) is 34.5 Å². The second-order valence-electron chi connectivity index (χ2n) is 12.0. The van der Waals surface area contributed by atoms with Gasteiger partial charge >= 0.3 is 0 Å². The molecule has 0 aromatic heterocycles. The van der Waals surface area contributed by atoms with Crippen LogP contribution in [0.15, 0.2) is 11.6 Å². The average Bonchev–Trinajstić information content (AvgIpc) is 2.95. The normalized spacial score (nSPS) is 45.8. The van der Waals surface area contributed by atoms with Gasteiger partial charge in [-0.05, 0) is 113 Å². The fourth-order valence-electron chi connectivity index (χ4n) is 8.17. The zero-order valence-electron chi connectivity index (χ0n) is 18.8. The lowest BCUT2D eigenvalue weighted by molar-refractivity contribution is -0.0510. The van der Waals surface area contributed by atoms with E-state index < -0.39 is 5.60 Å². The van der Waals surface area contributed by atoms with Crippen LogP contribution in [0.5, 0.6) is 0 Å². The van der Waals surface area contributed by atoms with Crippen LogP contribution in [-0.2, 0) is 0 Å². The fourth-order valence-corrected chi connectivity index (χ4v) is 8.17. The van der Waals surface area contributed by atoms with E-state index in [2.05, 4.69) is 19.9 Å². The molecule has 0 saturated heterocycles. The topological polar surface area (TPSA) is 40.5 Å². The standard InChI is InChI=1S/C26H44O2/c1-24(2,28)14-6-5-7-18-9-11-22-21-10-8-19-17-20(27)12-15-26(19,4)23(21)13-16-25(18,22)3/h8,18,20-23,27-28H,5-7,9-17H2,1-4H3/t18?,20?,21?,22?,23?,25?,26-/m0/s1. The Morgan fingerprint density at radius 1 is 1.04 bits per heavy atom. The summed E-state index contributed by atoms with van der Waals surface area (Å²) < 4.78 is 0. The average molecular weight is 389 g/mol. The molecule has 28 heavy (non-hydrogen) atoms. The van der Waals surface area contributed by atoms with Gasteiger partial charge in [0.05, 0.1) is 11.7 Å². The van der Waals surface area contributed by atoms with Crippen LogP contribution in [0, 0.1) is 34.5 Å². The Labute approximate surface area is 173 Å². The van der Waals surface area contributed by atoms with Crippen LogP contribution in [-0.4, -0.2) is 21.9 Å². The SMILES string of the molecule is CC(C)(O)CCCCC1CCC2C3CC=C4CC(O)CC[C@]4(C)C3CCC12C. The lowest BCUT2D eigenvalue weighted by Gasteiger charge is -2.58. The second-order valence-corrected chi connectivity index (χ2v) is 12.0. The first-order valence-corrected chi connectivity index (χ1v) is 12.2. The van der Waals surface area contributed by atoms with Gasteiger partial charge in [0.1, 0.15) is 0 Å². The summed E-state index contributed by atoms with van der Waals surface area (Å²) in [6.45, 7) is 9.05. The first kappa shape index (κ1) is 20.9. The maximum absolute atomic E-state index is 10.2. The van der Waals surface area contributed by atoms with Crippen molar-refractivity contribution in [1.29, 1.82) is 0 Å². The first-order chi connectivity index (χ1) is 13.1. The minimum atomic E-state index is -0.505. The Kier molecular flexibility index (Phi) is 5.54. The molecular weight excluding hydrogens is 344 g/mol. The van der Waals surface area contributed by atoms with Gasteiger partial charge in [-0.15, -0.1) is 0 Å². The summed E-state index contributed by atoms with van der Waals surface area (Å²) in [5, 5.41) is 20.2. The third kappa shape index (κ3) is 3.62. The molecule has 160 valence electrons. The number of aliphatic hydroxyl groups excluding tert-OH is 1. The molecule has 0 aromatic carbocycles. The Balaban J connectivity index is 1.43. The molecule has 4 aliphatic carbocycles. The molecule has 0 heterocycles. The van der Waals surface area contributed by atoms with Gasteiger partial charge in [-0.25, -0.2) is 0 Å². The van der Waals surface area contributed by atoms with Crippen LogP contribution in [0.1, 0.15) is 105 Å². The van der Waals surface area contributed by atoms with Crippen molar-refractivity contribution in [3.8, 4) is 0 Å². The molecular formula is C26H44O2. The molecule has 4 aliphatic rings. The zero-order chi connectivity index (χ0) is 20.2. The van der Waals surface area contributed by atoms with Crippen molar-refractivity contribution in [3.05, 3.63) is 11.6 Å². The predicted octanol–water partition coefficient (Wildman–Crippen LogP) is 6.26. The monoisotopic (exact) mass is 388 g/mol. The molecule has 3 fully saturated rings. The highest BCUT2D eigenvalue weighted by Gasteiger charge is 2.58. The molecule has 0 aliphatic heterocycles. The number of unbranched alkanes of at least 4 members (excludes halogenated alkanes) is 1. The maximum Gasteiger partial charge on any atom is 0.0591 e. The number of rotatable bonds is 5. The molecule has 0 aromatic rings. The quantitative estimate of drug-likeness (QED) is 0.431. The molecule has 7 atom stereocenters. The molecule has 0 amide bonds. The Bertz CT molecular complexity index is 602. The third-order valence-corrected chi connectivity index (χ3v) is 9.87. The smallest absolute Gasteiger partial charge is 0.0591 e. The van der Waals surface area contributed by atoms with Crippen molar-refractivity contribution in [3.63, 3.8) is 0 Å². The predicted molar refractivity (Wildman–Crippen MR) is 116 cm³/mol.